The Labute approximate surface area is 96.9 Å². The lowest BCUT2D eigenvalue weighted by molar-refractivity contribution is 0.604. The second-order valence-electron chi connectivity index (χ2n) is 2.96. The average molecular weight is 286 g/mol. The number of allylic oxidation sites excluding steroid dienone is 2. The van der Waals surface area contributed by atoms with Gasteiger partial charge in [0.25, 0.3) is 10.0 Å². The highest BCUT2D eigenvalue weighted by molar-refractivity contribution is 9.10. The van der Waals surface area contributed by atoms with Crippen LogP contribution in [0, 0.1) is 0 Å². The normalized spacial score (nSPS) is 18.1. The van der Waals surface area contributed by atoms with Crippen molar-refractivity contribution < 1.29 is 8.42 Å². The highest BCUT2D eigenvalue weighted by Crippen LogP contribution is 2.29. The zero-order valence-corrected chi connectivity index (χ0v) is 10.1. The summed E-state index contributed by atoms with van der Waals surface area (Å²) in [6.45, 7) is 0. The van der Waals surface area contributed by atoms with E-state index in [1.807, 2.05) is 6.07 Å². The van der Waals surface area contributed by atoms with Crippen molar-refractivity contribution in [2.75, 3.05) is 4.31 Å². The lowest BCUT2D eigenvalue weighted by Crippen LogP contribution is -2.24. The Morgan fingerprint density at radius 1 is 1.13 bits per heavy atom. The van der Waals surface area contributed by atoms with Crippen molar-refractivity contribution in [3.63, 3.8) is 0 Å². The summed E-state index contributed by atoms with van der Waals surface area (Å²) in [7, 11) is -3.36. The van der Waals surface area contributed by atoms with Crippen LogP contribution in [0.1, 0.15) is 0 Å². The molecule has 0 fully saturated rings. The van der Waals surface area contributed by atoms with Crippen LogP contribution in [0.3, 0.4) is 0 Å². The SMILES string of the molecule is O=S1(=O)C=CC=CN1c1ccccc1Br. The largest absolute Gasteiger partial charge is 0.261 e. The Kier molecular flexibility index (Phi) is 2.67. The molecule has 3 nitrogen and oxygen atoms in total. The van der Waals surface area contributed by atoms with Crippen molar-refractivity contribution in [1.82, 2.24) is 0 Å². The van der Waals surface area contributed by atoms with Gasteiger partial charge in [0, 0.05) is 10.7 Å². The summed E-state index contributed by atoms with van der Waals surface area (Å²) >= 11 is 3.32. The van der Waals surface area contributed by atoms with E-state index in [1.54, 1.807) is 24.3 Å². The fourth-order valence-corrected chi connectivity index (χ4v) is 2.96. The molecule has 0 aliphatic carbocycles. The molecule has 1 aromatic rings. The van der Waals surface area contributed by atoms with E-state index >= 15 is 0 Å². The maximum atomic E-state index is 11.7. The smallest absolute Gasteiger partial charge is 0.241 e. The first-order chi connectivity index (χ1) is 7.11. The summed E-state index contributed by atoms with van der Waals surface area (Å²) in [5.74, 6) is 0. The Morgan fingerprint density at radius 3 is 2.53 bits per heavy atom. The number of halogens is 1. The molecule has 0 saturated carbocycles. The van der Waals surface area contributed by atoms with Gasteiger partial charge >= 0.3 is 0 Å². The molecule has 15 heavy (non-hydrogen) atoms. The molecular formula is C10H8BrNO2S. The van der Waals surface area contributed by atoms with Gasteiger partial charge in [0.1, 0.15) is 0 Å². The lowest BCUT2D eigenvalue weighted by Gasteiger charge is -2.21. The lowest BCUT2D eigenvalue weighted by atomic mass is 10.3. The number of rotatable bonds is 1. The van der Waals surface area contributed by atoms with E-state index in [-0.39, 0.29) is 0 Å². The van der Waals surface area contributed by atoms with Crippen molar-refractivity contribution in [2.45, 2.75) is 0 Å². The van der Waals surface area contributed by atoms with Crippen LogP contribution in [0.2, 0.25) is 0 Å². The molecule has 0 bridgehead atoms. The van der Waals surface area contributed by atoms with Gasteiger partial charge in [0.15, 0.2) is 0 Å². The van der Waals surface area contributed by atoms with Crippen LogP contribution in [0.5, 0.6) is 0 Å². The molecule has 1 aromatic carbocycles. The van der Waals surface area contributed by atoms with Crippen molar-refractivity contribution in [2.24, 2.45) is 0 Å². The van der Waals surface area contributed by atoms with Crippen LogP contribution in [-0.4, -0.2) is 8.42 Å². The molecule has 0 aromatic heterocycles. The summed E-state index contributed by atoms with van der Waals surface area (Å²) < 4.78 is 25.4. The minimum absolute atomic E-state index is 0.609. The van der Waals surface area contributed by atoms with Crippen LogP contribution in [0.4, 0.5) is 5.69 Å². The van der Waals surface area contributed by atoms with Crippen LogP contribution >= 0.6 is 15.9 Å². The third kappa shape index (κ3) is 1.98. The molecule has 1 heterocycles. The summed E-state index contributed by atoms with van der Waals surface area (Å²) in [6, 6.07) is 7.17. The van der Waals surface area contributed by atoms with E-state index in [1.165, 1.54) is 22.0 Å². The minimum atomic E-state index is -3.36. The maximum absolute atomic E-state index is 11.7. The Hall–Kier alpha value is -1.07. The minimum Gasteiger partial charge on any atom is -0.241 e. The summed E-state index contributed by atoms with van der Waals surface area (Å²) in [4.78, 5) is 0. The third-order valence-electron chi connectivity index (χ3n) is 1.95. The van der Waals surface area contributed by atoms with E-state index in [4.69, 9.17) is 0 Å². The summed E-state index contributed by atoms with van der Waals surface area (Å²) in [6.07, 6.45) is 4.71. The highest BCUT2D eigenvalue weighted by Gasteiger charge is 2.20. The van der Waals surface area contributed by atoms with Crippen LogP contribution < -0.4 is 4.31 Å². The quantitative estimate of drug-likeness (QED) is 0.796. The molecule has 0 radical (unpaired) electrons. The van der Waals surface area contributed by atoms with Crippen molar-refractivity contribution in [3.8, 4) is 0 Å². The van der Waals surface area contributed by atoms with Gasteiger partial charge in [0.2, 0.25) is 0 Å². The molecule has 1 aliphatic heterocycles. The van der Waals surface area contributed by atoms with E-state index < -0.39 is 10.0 Å². The van der Waals surface area contributed by atoms with Crippen LogP contribution in [0.15, 0.2) is 52.5 Å². The monoisotopic (exact) mass is 285 g/mol. The first-order valence-corrected chi connectivity index (χ1v) is 6.55. The number of sulfonamides is 1. The van der Waals surface area contributed by atoms with Gasteiger partial charge in [-0.2, -0.15) is 0 Å². The van der Waals surface area contributed by atoms with Crippen LogP contribution in [-0.2, 0) is 10.0 Å². The number of anilines is 1. The Balaban J connectivity index is 2.53. The number of nitrogens with zero attached hydrogens (tertiary/aromatic N) is 1. The molecule has 2 rings (SSSR count). The van der Waals surface area contributed by atoms with E-state index in [9.17, 15) is 8.42 Å². The van der Waals surface area contributed by atoms with Gasteiger partial charge in [-0.05, 0) is 40.2 Å². The fourth-order valence-electron chi connectivity index (χ4n) is 1.27. The standard InChI is InChI=1S/C10H8BrNO2S/c11-9-5-1-2-6-10(9)12-7-3-4-8-15(12,13)14/h1-8H. The highest BCUT2D eigenvalue weighted by atomic mass is 79.9. The molecular weight excluding hydrogens is 278 g/mol. The van der Waals surface area contributed by atoms with E-state index in [0.717, 1.165) is 4.47 Å². The molecule has 0 saturated heterocycles. The molecule has 0 unspecified atom stereocenters. The van der Waals surface area contributed by atoms with Crippen molar-refractivity contribution >= 4 is 31.6 Å². The third-order valence-corrected chi connectivity index (χ3v) is 3.99. The predicted molar refractivity (Wildman–Crippen MR) is 63.8 cm³/mol. The van der Waals surface area contributed by atoms with Gasteiger partial charge in [0.05, 0.1) is 11.1 Å². The van der Waals surface area contributed by atoms with Gasteiger partial charge in [-0.3, -0.25) is 0 Å². The molecule has 78 valence electrons. The van der Waals surface area contributed by atoms with Gasteiger partial charge in [-0.1, -0.05) is 12.1 Å². The second kappa shape index (κ2) is 3.83. The number of hydrogen-bond donors (Lipinski definition) is 0. The molecule has 0 amide bonds. The zero-order chi connectivity index (χ0) is 10.9. The molecule has 0 spiro atoms. The number of hydrogen-bond acceptors (Lipinski definition) is 2. The molecule has 1 aliphatic rings. The first kappa shape index (κ1) is 10.4. The molecule has 5 heteroatoms. The molecule has 0 N–H and O–H groups in total. The van der Waals surface area contributed by atoms with E-state index in [0.29, 0.717) is 5.69 Å². The van der Waals surface area contributed by atoms with Gasteiger partial charge < -0.3 is 0 Å². The fraction of sp³-hybridized carbons (Fsp3) is 0. The van der Waals surface area contributed by atoms with E-state index in [2.05, 4.69) is 15.9 Å². The average Bonchev–Trinajstić information content (AvgIpc) is 2.19. The number of para-hydroxylation sites is 1. The zero-order valence-electron chi connectivity index (χ0n) is 7.67. The summed E-state index contributed by atoms with van der Waals surface area (Å²) in [5, 5.41) is 1.17. The van der Waals surface area contributed by atoms with Crippen molar-refractivity contribution in [1.29, 1.82) is 0 Å². The van der Waals surface area contributed by atoms with Crippen molar-refractivity contribution in [3.05, 3.63) is 52.5 Å². The Bertz CT molecular complexity index is 534. The number of benzene rings is 1. The maximum Gasteiger partial charge on any atom is 0.261 e. The summed E-state index contributed by atoms with van der Waals surface area (Å²) in [5.41, 5.74) is 0.609. The van der Waals surface area contributed by atoms with Gasteiger partial charge in [-0.15, -0.1) is 0 Å². The topological polar surface area (TPSA) is 37.4 Å². The molecule has 0 atom stereocenters. The van der Waals surface area contributed by atoms with Gasteiger partial charge in [-0.25, -0.2) is 12.7 Å². The first-order valence-electron chi connectivity index (χ1n) is 4.25. The van der Waals surface area contributed by atoms with Crippen LogP contribution in [0.25, 0.3) is 0 Å². The second-order valence-corrected chi connectivity index (χ2v) is 5.51. The Morgan fingerprint density at radius 2 is 1.87 bits per heavy atom. The predicted octanol–water partition coefficient (Wildman–Crippen LogP) is 2.63.